The molecule has 0 saturated heterocycles. The standard InChI is InChI=1S/C12H17NO/c1-2-9-13-12(8-10-14)11-6-4-3-5-7-11/h2-7,12-14H,1,8-10H2. The van der Waals surface area contributed by atoms with Crippen LogP contribution in [0.3, 0.4) is 0 Å². The number of rotatable bonds is 6. The minimum atomic E-state index is 0.198. The fourth-order valence-corrected chi connectivity index (χ4v) is 1.43. The lowest BCUT2D eigenvalue weighted by molar-refractivity contribution is 0.267. The molecule has 0 aliphatic heterocycles. The first-order chi connectivity index (χ1) is 6.88. The molecule has 1 atom stereocenters. The molecule has 2 N–H and O–H groups in total. The van der Waals surface area contributed by atoms with Gasteiger partial charge in [-0.3, -0.25) is 0 Å². The molecular formula is C12H17NO. The molecule has 0 bridgehead atoms. The highest BCUT2D eigenvalue weighted by atomic mass is 16.3. The van der Waals surface area contributed by atoms with Gasteiger partial charge >= 0.3 is 0 Å². The van der Waals surface area contributed by atoms with Crippen LogP contribution in [0, 0.1) is 0 Å². The molecule has 1 rings (SSSR count). The van der Waals surface area contributed by atoms with Crippen molar-refractivity contribution < 1.29 is 5.11 Å². The molecule has 76 valence electrons. The minimum absolute atomic E-state index is 0.198. The number of nitrogens with one attached hydrogen (secondary N) is 1. The van der Waals surface area contributed by atoms with Crippen LogP contribution in [-0.4, -0.2) is 18.3 Å². The summed E-state index contributed by atoms with van der Waals surface area (Å²) in [6.07, 6.45) is 2.56. The van der Waals surface area contributed by atoms with Gasteiger partial charge in [-0.1, -0.05) is 36.4 Å². The molecule has 1 unspecified atom stereocenters. The van der Waals surface area contributed by atoms with E-state index in [-0.39, 0.29) is 12.6 Å². The molecular weight excluding hydrogens is 174 g/mol. The Kier molecular flexibility index (Phi) is 4.97. The molecule has 0 fully saturated rings. The van der Waals surface area contributed by atoms with Crippen LogP contribution in [-0.2, 0) is 0 Å². The third-order valence-corrected chi connectivity index (χ3v) is 2.13. The molecule has 1 aromatic rings. The van der Waals surface area contributed by atoms with E-state index >= 15 is 0 Å². The normalized spacial score (nSPS) is 12.4. The van der Waals surface area contributed by atoms with Crippen molar-refractivity contribution in [3.63, 3.8) is 0 Å². The van der Waals surface area contributed by atoms with Gasteiger partial charge in [0.1, 0.15) is 0 Å². The van der Waals surface area contributed by atoms with Crippen molar-refractivity contribution in [2.24, 2.45) is 0 Å². The molecule has 0 aliphatic rings. The Morgan fingerprint density at radius 3 is 2.64 bits per heavy atom. The maximum atomic E-state index is 8.93. The number of hydrogen-bond acceptors (Lipinski definition) is 2. The van der Waals surface area contributed by atoms with Crippen LogP contribution in [0.4, 0.5) is 0 Å². The van der Waals surface area contributed by atoms with Crippen molar-refractivity contribution in [2.75, 3.05) is 13.2 Å². The van der Waals surface area contributed by atoms with E-state index in [1.807, 2.05) is 24.3 Å². The molecule has 14 heavy (non-hydrogen) atoms. The fraction of sp³-hybridized carbons (Fsp3) is 0.333. The minimum Gasteiger partial charge on any atom is -0.396 e. The average Bonchev–Trinajstić information content (AvgIpc) is 2.25. The van der Waals surface area contributed by atoms with Gasteiger partial charge in [0.05, 0.1) is 0 Å². The Labute approximate surface area is 85.3 Å². The van der Waals surface area contributed by atoms with Crippen LogP contribution in [0.15, 0.2) is 43.0 Å². The quantitative estimate of drug-likeness (QED) is 0.673. The van der Waals surface area contributed by atoms with Crippen LogP contribution in [0.25, 0.3) is 0 Å². The Morgan fingerprint density at radius 1 is 1.36 bits per heavy atom. The summed E-state index contributed by atoms with van der Waals surface area (Å²) in [5, 5.41) is 12.2. The summed E-state index contributed by atoms with van der Waals surface area (Å²) in [5.74, 6) is 0. The molecule has 0 saturated carbocycles. The summed E-state index contributed by atoms with van der Waals surface area (Å²) in [6, 6.07) is 10.4. The number of aliphatic hydroxyl groups is 1. The number of benzene rings is 1. The second kappa shape index (κ2) is 6.35. The van der Waals surface area contributed by atoms with Gasteiger partial charge in [-0.15, -0.1) is 6.58 Å². The van der Waals surface area contributed by atoms with Crippen molar-refractivity contribution in [3.8, 4) is 0 Å². The van der Waals surface area contributed by atoms with Crippen LogP contribution in [0.2, 0.25) is 0 Å². The second-order valence-electron chi connectivity index (χ2n) is 3.17. The zero-order valence-corrected chi connectivity index (χ0v) is 8.32. The monoisotopic (exact) mass is 191 g/mol. The summed E-state index contributed by atoms with van der Waals surface area (Å²) in [5.41, 5.74) is 1.21. The van der Waals surface area contributed by atoms with Crippen LogP contribution < -0.4 is 5.32 Å². The third-order valence-electron chi connectivity index (χ3n) is 2.13. The molecule has 2 nitrogen and oxygen atoms in total. The molecule has 0 radical (unpaired) electrons. The maximum Gasteiger partial charge on any atom is 0.0449 e. The molecule has 0 aliphatic carbocycles. The Bertz CT molecular complexity index is 258. The largest absolute Gasteiger partial charge is 0.396 e. The van der Waals surface area contributed by atoms with Crippen molar-refractivity contribution in [2.45, 2.75) is 12.5 Å². The summed E-state index contributed by atoms with van der Waals surface area (Å²) in [7, 11) is 0. The highest BCUT2D eigenvalue weighted by Crippen LogP contribution is 2.15. The van der Waals surface area contributed by atoms with E-state index in [4.69, 9.17) is 5.11 Å². The topological polar surface area (TPSA) is 32.3 Å². The van der Waals surface area contributed by atoms with E-state index in [1.54, 1.807) is 0 Å². The van der Waals surface area contributed by atoms with Gasteiger partial charge in [-0.05, 0) is 12.0 Å². The first-order valence-corrected chi connectivity index (χ1v) is 4.88. The predicted octanol–water partition coefficient (Wildman–Crippen LogP) is 1.89. The second-order valence-corrected chi connectivity index (χ2v) is 3.17. The first kappa shape index (κ1) is 11.0. The lowest BCUT2D eigenvalue weighted by Gasteiger charge is -2.16. The SMILES string of the molecule is C=CCNC(CCO)c1ccccc1. The average molecular weight is 191 g/mol. The number of hydrogen-bond donors (Lipinski definition) is 2. The molecule has 2 heteroatoms. The summed E-state index contributed by atoms with van der Waals surface area (Å²) < 4.78 is 0. The van der Waals surface area contributed by atoms with Gasteiger partial charge in [0.2, 0.25) is 0 Å². The Balaban J connectivity index is 2.62. The molecule has 0 spiro atoms. The van der Waals surface area contributed by atoms with Gasteiger partial charge in [0.25, 0.3) is 0 Å². The Hall–Kier alpha value is -1.12. The van der Waals surface area contributed by atoms with Crippen molar-refractivity contribution in [3.05, 3.63) is 48.6 Å². The van der Waals surface area contributed by atoms with E-state index in [9.17, 15) is 0 Å². The van der Waals surface area contributed by atoms with Gasteiger partial charge in [0.15, 0.2) is 0 Å². The van der Waals surface area contributed by atoms with Gasteiger partial charge in [-0.2, -0.15) is 0 Å². The zero-order valence-electron chi connectivity index (χ0n) is 8.32. The lowest BCUT2D eigenvalue weighted by atomic mass is 10.0. The van der Waals surface area contributed by atoms with E-state index in [2.05, 4.69) is 24.0 Å². The van der Waals surface area contributed by atoms with Gasteiger partial charge in [-0.25, -0.2) is 0 Å². The van der Waals surface area contributed by atoms with Crippen LogP contribution in [0.5, 0.6) is 0 Å². The molecule has 0 aromatic heterocycles. The highest BCUT2D eigenvalue weighted by Gasteiger charge is 2.07. The maximum absolute atomic E-state index is 8.93. The fourth-order valence-electron chi connectivity index (χ4n) is 1.43. The molecule has 1 aromatic carbocycles. The molecule has 0 amide bonds. The van der Waals surface area contributed by atoms with E-state index in [1.165, 1.54) is 5.56 Å². The van der Waals surface area contributed by atoms with E-state index in [0.29, 0.717) is 0 Å². The molecule has 0 heterocycles. The van der Waals surface area contributed by atoms with E-state index < -0.39 is 0 Å². The van der Waals surface area contributed by atoms with Crippen molar-refractivity contribution in [1.29, 1.82) is 0 Å². The smallest absolute Gasteiger partial charge is 0.0449 e. The lowest BCUT2D eigenvalue weighted by Crippen LogP contribution is -2.22. The number of aliphatic hydroxyl groups excluding tert-OH is 1. The summed E-state index contributed by atoms with van der Waals surface area (Å²) in [4.78, 5) is 0. The van der Waals surface area contributed by atoms with Crippen LogP contribution >= 0.6 is 0 Å². The first-order valence-electron chi connectivity index (χ1n) is 4.88. The predicted molar refractivity (Wildman–Crippen MR) is 59.1 cm³/mol. The highest BCUT2D eigenvalue weighted by molar-refractivity contribution is 5.18. The van der Waals surface area contributed by atoms with Crippen molar-refractivity contribution in [1.82, 2.24) is 5.32 Å². The van der Waals surface area contributed by atoms with Crippen LogP contribution in [0.1, 0.15) is 18.0 Å². The van der Waals surface area contributed by atoms with E-state index in [0.717, 1.165) is 13.0 Å². The third kappa shape index (κ3) is 3.32. The summed E-state index contributed by atoms with van der Waals surface area (Å²) in [6.45, 7) is 4.62. The van der Waals surface area contributed by atoms with Crippen molar-refractivity contribution >= 4 is 0 Å². The van der Waals surface area contributed by atoms with Gasteiger partial charge < -0.3 is 10.4 Å². The summed E-state index contributed by atoms with van der Waals surface area (Å²) >= 11 is 0. The zero-order chi connectivity index (χ0) is 10.2. The van der Waals surface area contributed by atoms with Gasteiger partial charge in [0, 0.05) is 19.2 Å². The Morgan fingerprint density at radius 2 is 2.07 bits per heavy atom.